The van der Waals surface area contributed by atoms with E-state index in [-0.39, 0.29) is 11.9 Å². The van der Waals surface area contributed by atoms with Gasteiger partial charge in [0.05, 0.1) is 27.4 Å². The van der Waals surface area contributed by atoms with Crippen molar-refractivity contribution in [1.29, 1.82) is 0 Å². The van der Waals surface area contributed by atoms with Crippen LogP contribution in [0.25, 0.3) is 20.9 Å². The summed E-state index contributed by atoms with van der Waals surface area (Å²) in [6, 6.07) is 12.4. The molecule has 2 aromatic heterocycles. The largest absolute Gasteiger partial charge is 0.493 e. The normalized spacial score (nSPS) is 10.3. The highest BCUT2D eigenvalue weighted by atomic mass is 32.1. The van der Waals surface area contributed by atoms with Crippen LogP contribution in [0.5, 0.6) is 11.5 Å². The maximum atomic E-state index is 11.3. The molecule has 8 heteroatoms. The molecular formula is C30H40O6S2. The Kier molecular flexibility index (Phi) is 15.2. The Bertz CT molecular complexity index is 975. The van der Waals surface area contributed by atoms with Crippen LogP contribution in [0.3, 0.4) is 0 Å². The topological polar surface area (TPSA) is 71.1 Å². The molecular weight excluding hydrogens is 520 g/mol. The number of hydrogen-bond acceptors (Lipinski definition) is 8. The van der Waals surface area contributed by atoms with Crippen molar-refractivity contribution >= 4 is 34.6 Å². The molecule has 0 aliphatic rings. The first-order valence-electron chi connectivity index (χ1n) is 13.3. The van der Waals surface area contributed by atoms with Gasteiger partial charge in [-0.05, 0) is 73.6 Å². The SMILES string of the molecule is CC.COC(=O)CCCCCOc1cc(-c2cccs2)c(OCCCCCC(=O)OC)cc1-c1cccs1. The summed E-state index contributed by atoms with van der Waals surface area (Å²) in [5.41, 5.74) is 2.03. The lowest BCUT2D eigenvalue weighted by Gasteiger charge is -2.17. The van der Waals surface area contributed by atoms with Crippen molar-refractivity contribution in [3.8, 4) is 32.4 Å². The summed E-state index contributed by atoms with van der Waals surface area (Å²) in [5.74, 6) is 1.32. The first-order valence-corrected chi connectivity index (χ1v) is 15.0. The number of rotatable bonds is 16. The first-order chi connectivity index (χ1) is 18.6. The molecule has 0 radical (unpaired) electrons. The Labute approximate surface area is 234 Å². The Morgan fingerprint density at radius 3 is 1.42 bits per heavy atom. The van der Waals surface area contributed by atoms with Crippen LogP contribution in [0.4, 0.5) is 0 Å². The second-order valence-electron chi connectivity index (χ2n) is 8.27. The summed E-state index contributed by atoms with van der Waals surface area (Å²) >= 11 is 3.33. The van der Waals surface area contributed by atoms with Crippen LogP contribution in [0, 0.1) is 0 Å². The van der Waals surface area contributed by atoms with Gasteiger partial charge in [-0.2, -0.15) is 0 Å². The third-order valence-corrected chi connectivity index (χ3v) is 7.48. The molecule has 2 heterocycles. The monoisotopic (exact) mass is 560 g/mol. The van der Waals surface area contributed by atoms with Gasteiger partial charge in [0.15, 0.2) is 0 Å². The van der Waals surface area contributed by atoms with Gasteiger partial charge in [-0.15, -0.1) is 22.7 Å². The summed E-state index contributed by atoms with van der Waals surface area (Å²) in [5, 5.41) is 4.11. The zero-order valence-corrected chi connectivity index (χ0v) is 24.6. The van der Waals surface area contributed by atoms with Crippen molar-refractivity contribution in [2.45, 2.75) is 65.2 Å². The van der Waals surface area contributed by atoms with E-state index in [0.29, 0.717) is 26.1 Å². The van der Waals surface area contributed by atoms with Gasteiger partial charge in [-0.1, -0.05) is 26.0 Å². The molecule has 0 saturated heterocycles. The number of carbonyl (C=O) groups is 2. The summed E-state index contributed by atoms with van der Waals surface area (Å²) in [4.78, 5) is 24.9. The standard InChI is InChI=1S/C28H34O6S2.C2H6/c1-31-27(29)13-5-3-7-15-33-23-19-22(26-12-10-18-36-26)24(20-21(23)25-11-9-17-35-25)34-16-8-4-6-14-28(30)32-2;1-2/h9-12,17-20H,3-8,13-16H2,1-2H3;1-2H3. The van der Waals surface area contributed by atoms with Gasteiger partial charge < -0.3 is 18.9 Å². The van der Waals surface area contributed by atoms with Gasteiger partial charge in [-0.25, -0.2) is 0 Å². The van der Waals surface area contributed by atoms with Crippen molar-refractivity contribution in [2.24, 2.45) is 0 Å². The molecule has 0 spiro atoms. The third kappa shape index (κ3) is 10.5. The molecule has 0 unspecified atom stereocenters. The van der Waals surface area contributed by atoms with Gasteiger partial charge >= 0.3 is 11.9 Å². The van der Waals surface area contributed by atoms with E-state index in [1.807, 2.05) is 26.0 Å². The fraction of sp³-hybridized carbons (Fsp3) is 0.467. The molecule has 0 aliphatic carbocycles. The van der Waals surface area contributed by atoms with Gasteiger partial charge in [0.2, 0.25) is 0 Å². The molecule has 0 atom stereocenters. The lowest BCUT2D eigenvalue weighted by Crippen LogP contribution is -2.04. The second kappa shape index (κ2) is 18.4. The molecule has 38 heavy (non-hydrogen) atoms. The average molecular weight is 561 g/mol. The molecule has 0 amide bonds. The quantitative estimate of drug-likeness (QED) is 0.129. The Balaban J connectivity index is 0.00000247. The van der Waals surface area contributed by atoms with Crippen molar-refractivity contribution in [3.63, 3.8) is 0 Å². The zero-order valence-electron chi connectivity index (χ0n) is 23.0. The van der Waals surface area contributed by atoms with Gasteiger partial charge in [-0.3, -0.25) is 9.59 Å². The summed E-state index contributed by atoms with van der Waals surface area (Å²) in [6.45, 7) is 5.15. The highest BCUT2D eigenvalue weighted by molar-refractivity contribution is 7.14. The minimum absolute atomic E-state index is 0.171. The summed E-state index contributed by atoms with van der Waals surface area (Å²) in [6.07, 6.45) is 5.98. The molecule has 208 valence electrons. The minimum atomic E-state index is -0.171. The lowest BCUT2D eigenvalue weighted by atomic mass is 10.1. The van der Waals surface area contributed by atoms with E-state index in [4.69, 9.17) is 18.9 Å². The molecule has 0 fully saturated rings. The predicted molar refractivity (Wildman–Crippen MR) is 156 cm³/mol. The van der Waals surface area contributed by atoms with Gasteiger partial charge in [0.25, 0.3) is 0 Å². The Morgan fingerprint density at radius 2 is 1.08 bits per heavy atom. The van der Waals surface area contributed by atoms with Crippen molar-refractivity contribution in [1.82, 2.24) is 0 Å². The summed E-state index contributed by atoms with van der Waals surface area (Å²) < 4.78 is 22.0. The first kappa shape index (κ1) is 31.4. The van der Waals surface area contributed by atoms with Gasteiger partial charge in [0.1, 0.15) is 11.5 Å². The number of unbranched alkanes of at least 4 members (excludes halogenated alkanes) is 4. The number of benzene rings is 1. The van der Waals surface area contributed by atoms with E-state index in [2.05, 4.69) is 35.0 Å². The van der Waals surface area contributed by atoms with E-state index in [0.717, 1.165) is 70.9 Å². The molecule has 6 nitrogen and oxygen atoms in total. The molecule has 0 bridgehead atoms. The van der Waals surface area contributed by atoms with E-state index in [1.54, 1.807) is 22.7 Å². The van der Waals surface area contributed by atoms with E-state index < -0.39 is 0 Å². The van der Waals surface area contributed by atoms with Gasteiger partial charge in [0, 0.05) is 33.7 Å². The van der Waals surface area contributed by atoms with Crippen LogP contribution < -0.4 is 9.47 Å². The molecule has 0 aliphatic heterocycles. The van der Waals surface area contributed by atoms with Crippen LogP contribution in [-0.4, -0.2) is 39.4 Å². The number of ether oxygens (including phenoxy) is 4. The van der Waals surface area contributed by atoms with E-state index >= 15 is 0 Å². The number of thiophene rings is 2. The third-order valence-electron chi connectivity index (χ3n) is 5.68. The van der Waals surface area contributed by atoms with Crippen molar-refractivity contribution in [2.75, 3.05) is 27.4 Å². The Morgan fingerprint density at radius 1 is 0.658 bits per heavy atom. The average Bonchev–Trinajstić information content (AvgIpc) is 3.68. The zero-order chi connectivity index (χ0) is 27.6. The van der Waals surface area contributed by atoms with Crippen LogP contribution in [-0.2, 0) is 19.1 Å². The lowest BCUT2D eigenvalue weighted by molar-refractivity contribution is -0.141. The predicted octanol–water partition coefficient (Wildman–Crippen LogP) is 8.39. The number of hydrogen-bond donors (Lipinski definition) is 0. The highest BCUT2D eigenvalue weighted by Crippen LogP contribution is 2.43. The summed E-state index contributed by atoms with van der Waals surface area (Å²) in [7, 11) is 2.84. The van der Waals surface area contributed by atoms with Crippen molar-refractivity contribution in [3.05, 3.63) is 47.2 Å². The second-order valence-corrected chi connectivity index (χ2v) is 10.2. The smallest absolute Gasteiger partial charge is 0.305 e. The van der Waals surface area contributed by atoms with E-state index in [9.17, 15) is 9.59 Å². The fourth-order valence-electron chi connectivity index (χ4n) is 3.71. The number of esters is 2. The van der Waals surface area contributed by atoms with E-state index in [1.165, 1.54) is 14.2 Å². The minimum Gasteiger partial charge on any atom is -0.493 e. The fourth-order valence-corrected chi connectivity index (χ4v) is 5.21. The van der Waals surface area contributed by atoms with Crippen LogP contribution >= 0.6 is 22.7 Å². The van der Waals surface area contributed by atoms with Crippen molar-refractivity contribution < 1.29 is 28.5 Å². The maximum Gasteiger partial charge on any atom is 0.305 e. The highest BCUT2D eigenvalue weighted by Gasteiger charge is 2.17. The molecule has 0 saturated carbocycles. The Hall–Kier alpha value is -2.84. The van der Waals surface area contributed by atoms with Crippen LogP contribution in [0.15, 0.2) is 47.2 Å². The van der Waals surface area contributed by atoms with Crippen LogP contribution in [0.1, 0.15) is 65.2 Å². The molecule has 3 aromatic rings. The molecule has 3 rings (SSSR count). The molecule has 1 aromatic carbocycles. The number of methoxy groups -OCH3 is 2. The maximum absolute atomic E-state index is 11.3. The molecule has 0 N–H and O–H groups in total. The number of carbonyl (C=O) groups excluding carboxylic acids is 2. The van der Waals surface area contributed by atoms with Crippen LogP contribution in [0.2, 0.25) is 0 Å².